The van der Waals surface area contributed by atoms with Crippen LogP contribution in [0.4, 0.5) is 5.69 Å². The maximum atomic E-state index is 13.6. The van der Waals surface area contributed by atoms with Crippen molar-refractivity contribution >= 4 is 23.4 Å². The van der Waals surface area contributed by atoms with E-state index >= 15 is 0 Å². The number of carbonyl (C=O) groups is 3. The molecule has 2 aromatic rings. The Morgan fingerprint density at radius 1 is 1.10 bits per heavy atom. The minimum Gasteiger partial charge on any atom is -0.392 e. The van der Waals surface area contributed by atoms with Crippen LogP contribution in [0.1, 0.15) is 23.6 Å². The molecule has 7 nitrogen and oxygen atoms in total. The van der Waals surface area contributed by atoms with Gasteiger partial charge in [-0.05, 0) is 31.9 Å². The lowest BCUT2D eigenvalue weighted by atomic mass is 9.76. The standard InChI is InChI=1S/C24H25N3O4/c1-13-8-9-17-16(12-13)24(23(31)25-17)19-18(20(26-24)14(2)28)21(29)27(22(19)30)11-10-15-6-4-3-5-7-15/h3-9,12,14,18-20,26,28H,10-11H2,1-2H3,(H,25,31)/t14-,18+,19+,20-,24+/m1/s1. The van der Waals surface area contributed by atoms with Crippen LogP contribution in [0.3, 0.4) is 0 Å². The average molecular weight is 419 g/mol. The third kappa shape index (κ3) is 2.77. The highest BCUT2D eigenvalue weighted by Crippen LogP contribution is 2.53. The number of aliphatic hydroxyl groups is 1. The zero-order chi connectivity index (χ0) is 21.9. The summed E-state index contributed by atoms with van der Waals surface area (Å²) >= 11 is 0. The Morgan fingerprint density at radius 2 is 1.84 bits per heavy atom. The number of amides is 3. The normalized spacial score (nSPS) is 30.0. The average Bonchev–Trinajstić information content (AvgIpc) is 3.33. The van der Waals surface area contributed by atoms with Crippen molar-refractivity contribution < 1.29 is 19.5 Å². The number of carbonyl (C=O) groups excluding carboxylic acids is 3. The molecule has 7 heteroatoms. The summed E-state index contributed by atoms with van der Waals surface area (Å²) in [6, 6.07) is 14.6. The number of fused-ring (bicyclic) bond motifs is 4. The van der Waals surface area contributed by atoms with Gasteiger partial charge in [-0.25, -0.2) is 0 Å². The van der Waals surface area contributed by atoms with Gasteiger partial charge in [0.2, 0.25) is 17.7 Å². The molecule has 0 bridgehead atoms. The molecule has 0 saturated carbocycles. The Balaban J connectivity index is 1.55. The first-order valence-corrected chi connectivity index (χ1v) is 10.6. The van der Waals surface area contributed by atoms with E-state index in [1.165, 1.54) is 4.90 Å². The van der Waals surface area contributed by atoms with Crippen molar-refractivity contribution in [2.75, 3.05) is 11.9 Å². The van der Waals surface area contributed by atoms with E-state index in [1.807, 2.05) is 55.5 Å². The first kappa shape index (κ1) is 19.9. The SMILES string of the molecule is Cc1ccc2c(c1)[C@@]1(N[C@H]([C@@H](C)O)[C@H]3C(=O)N(CCc4ccccc4)C(=O)[C@H]31)C(=O)N2. The number of nitrogens with one attached hydrogen (secondary N) is 2. The molecule has 5 rings (SSSR count). The van der Waals surface area contributed by atoms with Crippen LogP contribution < -0.4 is 10.6 Å². The highest BCUT2D eigenvalue weighted by atomic mass is 16.3. The van der Waals surface area contributed by atoms with Gasteiger partial charge in [0.15, 0.2) is 0 Å². The molecule has 2 aromatic carbocycles. The predicted molar refractivity (Wildman–Crippen MR) is 114 cm³/mol. The van der Waals surface area contributed by atoms with Gasteiger partial charge in [-0.2, -0.15) is 0 Å². The summed E-state index contributed by atoms with van der Waals surface area (Å²) in [6.45, 7) is 3.75. The fourth-order valence-electron chi connectivity index (χ4n) is 5.43. The Labute approximate surface area is 180 Å². The molecular formula is C24H25N3O4. The van der Waals surface area contributed by atoms with Crippen LogP contribution >= 0.6 is 0 Å². The second-order valence-corrected chi connectivity index (χ2v) is 8.79. The van der Waals surface area contributed by atoms with Gasteiger partial charge < -0.3 is 10.4 Å². The van der Waals surface area contributed by atoms with E-state index in [0.717, 1.165) is 11.1 Å². The molecule has 3 aliphatic rings. The molecule has 31 heavy (non-hydrogen) atoms. The lowest BCUT2D eigenvalue weighted by Gasteiger charge is -2.30. The number of anilines is 1. The molecule has 160 valence electrons. The predicted octanol–water partition coefficient (Wildman–Crippen LogP) is 1.34. The minimum absolute atomic E-state index is 0.250. The van der Waals surface area contributed by atoms with Crippen LogP contribution in [0.15, 0.2) is 48.5 Å². The van der Waals surface area contributed by atoms with E-state index in [0.29, 0.717) is 17.7 Å². The van der Waals surface area contributed by atoms with Crippen LogP contribution in [0.25, 0.3) is 0 Å². The number of aliphatic hydroxyl groups excluding tert-OH is 1. The van der Waals surface area contributed by atoms with E-state index in [4.69, 9.17) is 0 Å². The third-order valence-electron chi connectivity index (χ3n) is 6.88. The summed E-state index contributed by atoms with van der Waals surface area (Å²) < 4.78 is 0. The van der Waals surface area contributed by atoms with Crippen molar-refractivity contribution in [3.8, 4) is 0 Å². The first-order valence-electron chi connectivity index (χ1n) is 10.6. The number of nitrogens with zero attached hydrogens (tertiary/aromatic N) is 1. The Kier molecular flexibility index (Phi) is 4.50. The zero-order valence-electron chi connectivity index (χ0n) is 17.5. The minimum atomic E-state index is -1.36. The molecule has 2 saturated heterocycles. The van der Waals surface area contributed by atoms with E-state index in [2.05, 4.69) is 10.6 Å². The van der Waals surface area contributed by atoms with Gasteiger partial charge >= 0.3 is 0 Å². The van der Waals surface area contributed by atoms with E-state index < -0.39 is 29.5 Å². The van der Waals surface area contributed by atoms with Crippen molar-refractivity contribution in [2.45, 2.75) is 38.0 Å². The molecule has 1 spiro atoms. The second-order valence-electron chi connectivity index (χ2n) is 8.79. The van der Waals surface area contributed by atoms with E-state index in [9.17, 15) is 19.5 Å². The largest absolute Gasteiger partial charge is 0.392 e. The zero-order valence-corrected chi connectivity index (χ0v) is 17.5. The fraction of sp³-hybridized carbons (Fsp3) is 0.375. The van der Waals surface area contributed by atoms with E-state index in [-0.39, 0.29) is 24.3 Å². The lowest BCUT2D eigenvalue weighted by Crippen LogP contribution is -2.55. The third-order valence-corrected chi connectivity index (χ3v) is 6.88. The van der Waals surface area contributed by atoms with Crippen LogP contribution in [0.5, 0.6) is 0 Å². The molecule has 3 N–H and O–H groups in total. The summed E-state index contributed by atoms with van der Waals surface area (Å²) in [4.78, 5) is 41.5. The van der Waals surface area contributed by atoms with Gasteiger partial charge in [0.1, 0.15) is 5.54 Å². The molecule has 0 radical (unpaired) electrons. The highest BCUT2D eigenvalue weighted by molar-refractivity contribution is 6.15. The molecule has 5 atom stereocenters. The topological polar surface area (TPSA) is 98.7 Å². The summed E-state index contributed by atoms with van der Waals surface area (Å²) in [6.07, 6.45) is -0.362. The van der Waals surface area contributed by atoms with Crippen molar-refractivity contribution in [3.05, 3.63) is 65.2 Å². The maximum Gasteiger partial charge on any atom is 0.250 e. The molecule has 3 heterocycles. The van der Waals surface area contributed by atoms with E-state index in [1.54, 1.807) is 6.92 Å². The quantitative estimate of drug-likeness (QED) is 0.650. The number of benzene rings is 2. The van der Waals surface area contributed by atoms with Gasteiger partial charge in [0, 0.05) is 23.8 Å². The second kappa shape index (κ2) is 7.00. The molecule has 0 aliphatic carbocycles. The summed E-state index contributed by atoms with van der Waals surface area (Å²) in [5.41, 5.74) is 1.92. The first-order chi connectivity index (χ1) is 14.8. The molecule has 0 aromatic heterocycles. The summed E-state index contributed by atoms with van der Waals surface area (Å²) in [7, 11) is 0. The number of hydrogen-bond acceptors (Lipinski definition) is 5. The molecule has 2 fully saturated rings. The van der Waals surface area contributed by atoms with Crippen molar-refractivity contribution in [2.24, 2.45) is 11.8 Å². The lowest BCUT2D eigenvalue weighted by molar-refractivity contribution is -0.143. The molecule has 3 amide bonds. The Bertz CT molecular complexity index is 1080. The van der Waals surface area contributed by atoms with Crippen LogP contribution in [0.2, 0.25) is 0 Å². The van der Waals surface area contributed by atoms with Gasteiger partial charge in [-0.15, -0.1) is 0 Å². The monoisotopic (exact) mass is 419 g/mol. The maximum absolute atomic E-state index is 13.6. The van der Waals surface area contributed by atoms with Crippen molar-refractivity contribution in [1.29, 1.82) is 0 Å². The van der Waals surface area contributed by atoms with Gasteiger partial charge in [0.05, 0.1) is 17.9 Å². The number of imide groups is 1. The molecular weight excluding hydrogens is 394 g/mol. The van der Waals surface area contributed by atoms with Crippen molar-refractivity contribution in [1.82, 2.24) is 10.2 Å². The molecule has 3 aliphatic heterocycles. The molecule has 0 unspecified atom stereocenters. The number of hydrogen-bond donors (Lipinski definition) is 3. The number of aryl methyl sites for hydroxylation is 1. The van der Waals surface area contributed by atoms with Gasteiger partial charge in [0.25, 0.3) is 0 Å². The fourth-order valence-corrected chi connectivity index (χ4v) is 5.43. The van der Waals surface area contributed by atoms with Crippen LogP contribution in [0, 0.1) is 18.8 Å². The van der Waals surface area contributed by atoms with Gasteiger partial charge in [-0.1, -0.05) is 48.0 Å². The smallest absolute Gasteiger partial charge is 0.250 e. The Hall–Kier alpha value is -3.03. The van der Waals surface area contributed by atoms with Crippen molar-refractivity contribution in [3.63, 3.8) is 0 Å². The highest BCUT2D eigenvalue weighted by Gasteiger charge is 2.70. The summed E-state index contributed by atoms with van der Waals surface area (Å²) in [5.74, 6) is -2.71. The van der Waals surface area contributed by atoms with Gasteiger partial charge in [-0.3, -0.25) is 24.6 Å². The summed E-state index contributed by atoms with van der Waals surface area (Å²) in [5, 5.41) is 16.6. The number of likely N-dealkylation sites (tertiary alicyclic amines) is 1. The number of rotatable bonds is 4. The van der Waals surface area contributed by atoms with Crippen LogP contribution in [-0.4, -0.2) is 46.4 Å². The Morgan fingerprint density at radius 3 is 2.55 bits per heavy atom. The van der Waals surface area contributed by atoms with Crippen LogP contribution in [-0.2, 0) is 26.3 Å².